The first-order valence-electron chi connectivity index (χ1n) is 6.19. The Labute approximate surface area is 117 Å². The number of rotatable bonds is 1. The number of nitrogens with zero attached hydrogens (tertiary/aromatic N) is 1. The highest BCUT2D eigenvalue weighted by molar-refractivity contribution is 6.31. The molecule has 2 aromatic carbocycles. The molecule has 0 aliphatic rings. The van der Waals surface area contributed by atoms with Crippen LogP contribution < -0.4 is 0 Å². The zero-order chi connectivity index (χ0) is 13.6. The lowest BCUT2D eigenvalue weighted by molar-refractivity contribution is 0.619. The topological polar surface area (TPSA) is 26.0 Å². The van der Waals surface area contributed by atoms with Gasteiger partial charge in [-0.2, -0.15) is 0 Å². The summed E-state index contributed by atoms with van der Waals surface area (Å²) in [4.78, 5) is 4.53. The fourth-order valence-corrected chi connectivity index (χ4v) is 2.21. The van der Waals surface area contributed by atoms with Crippen molar-refractivity contribution in [3.05, 3.63) is 52.0 Å². The van der Waals surface area contributed by atoms with Crippen molar-refractivity contribution in [3.63, 3.8) is 0 Å². The second-order valence-electron chi connectivity index (χ2n) is 4.89. The molecule has 2 nitrogen and oxygen atoms in total. The number of aryl methyl sites for hydroxylation is 3. The number of fused-ring (bicyclic) bond motifs is 1. The third-order valence-electron chi connectivity index (χ3n) is 3.42. The molecule has 0 saturated carbocycles. The molecule has 0 saturated heterocycles. The highest BCUT2D eigenvalue weighted by atomic mass is 35.5. The van der Waals surface area contributed by atoms with Crippen molar-refractivity contribution >= 4 is 22.7 Å². The second-order valence-corrected chi connectivity index (χ2v) is 5.29. The third-order valence-corrected chi connectivity index (χ3v) is 3.83. The summed E-state index contributed by atoms with van der Waals surface area (Å²) in [6.07, 6.45) is 0. The van der Waals surface area contributed by atoms with E-state index in [0.717, 1.165) is 27.2 Å². The summed E-state index contributed by atoms with van der Waals surface area (Å²) in [6, 6.07) is 9.92. The van der Waals surface area contributed by atoms with Gasteiger partial charge in [0, 0.05) is 10.6 Å². The SMILES string of the molecule is Cc1cc2nc(-c3ccc(C)c(Cl)c3)oc2cc1C. The molecule has 0 radical (unpaired) electrons. The van der Waals surface area contributed by atoms with Gasteiger partial charge in [-0.05, 0) is 61.7 Å². The Kier molecular flexibility index (Phi) is 2.83. The summed E-state index contributed by atoms with van der Waals surface area (Å²) in [5, 5.41) is 0.729. The van der Waals surface area contributed by atoms with E-state index in [2.05, 4.69) is 18.8 Å². The summed E-state index contributed by atoms with van der Waals surface area (Å²) < 4.78 is 5.82. The van der Waals surface area contributed by atoms with E-state index in [-0.39, 0.29) is 0 Å². The normalized spacial score (nSPS) is 11.2. The summed E-state index contributed by atoms with van der Waals surface area (Å²) >= 11 is 6.14. The lowest BCUT2D eigenvalue weighted by Gasteiger charge is -1.99. The van der Waals surface area contributed by atoms with Gasteiger partial charge in [-0.3, -0.25) is 0 Å². The van der Waals surface area contributed by atoms with Crippen LogP contribution >= 0.6 is 11.6 Å². The van der Waals surface area contributed by atoms with Crippen molar-refractivity contribution < 1.29 is 4.42 Å². The van der Waals surface area contributed by atoms with Gasteiger partial charge in [0.2, 0.25) is 5.89 Å². The highest BCUT2D eigenvalue weighted by Crippen LogP contribution is 2.28. The molecule has 0 fully saturated rings. The summed E-state index contributed by atoms with van der Waals surface area (Å²) in [5.41, 5.74) is 6.08. The van der Waals surface area contributed by atoms with E-state index in [1.807, 2.05) is 37.3 Å². The van der Waals surface area contributed by atoms with E-state index in [1.165, 1.54) is 11.1 Å². The minimum Gasteiger partial charge on any atom is -0.436 e. The van der Waals surface area contributed by atoms with Gasteiger partial charge < -0.3 is 4.42 Å². The van der Waals surface area contributed by atoms with Gasteiger partial charge in [-0.1, -0.05) is 17.7 Å². The maximum absolute atomic E-state index is 6.14. The molecule has 96 valence electrons. The molecule has 1 aromatic heterocycles. The Morgan fingerprint density at radius 1 is 0.947 bits per heavy atom. The highest BCUT2D eigenvalue weighted by Gasteiger charge is 2.10. The molecular formula is C16H14ClNO. The number of oxazole rings is 1. The van der Waals surface area contributed by atoms with Crippen LogP contribution in [0.1, 0.15) is 16.7 Å². The minimum atomic E-state index is 0.613. The Balaban J connectivity index is 2.17. The van der Waals surface area contributed by atoms with E-state index >= 15 is 0 Å². The average Bonchev–Trinajstić information content (AvgIpc) is 2.76. The first-order chi connectivity index (χ1) is 9.04. The van der Waals surface area contributed by atoms with Gasteiger partial charge in [-0.25, -0.2) is 4.98 Å². The van der Waals surface area contributed by atoms with E-state index in [9.17, 15) is 0 Å². The average molecular weight is 272 g/mol. The Morgan fingerprint density at radius 3 is 2.42 bits per heavy atom. The monoisotopic (exact) mass is 271 g/mol. The minimum absolute atomic E-state index is 0.613. The molecule has 1 heterocycles. The van der Waals surface area contributed by atoms with Crippen LogP contribution in [0.2, 0.25) is 5.02 Å². The molecule has 19 heavy (non-hydrogen) atoms. The second kappa shape index (κ2) is 4.39. The molecule has 3 heteroatoms. The largest absolute Gasteiger partial charge is 0.436 e. The Hall–Kier alpha value is -1.80. The predicted molar refractivity (Wildman–Crippen MR) is 78.7 cm³/mol. The number of halogens is 1. The molecule has 0 aliphatic carbocycles. The quantitative estimate of drug-likeness (QED) is 0.617. The zero-order valence-corrected chi connectivity index (χ0v) is 11.9. The molecule has 3 aromatic rings. The van der Waals surface area contributed by atoms with Crippen LogP contribution in [-0.2, 0) is 0 Å². The van der Waals surface area contributed by atoms with Gasteiger partial charge in [0.1, 0.15) is 5.52 Å². The van der Waals surface area contributed by atoms with Crippen LogP contribution in [0.5, 0.6) is 0 Å². The molecule has 3 rings (SSSR count). The van der Waals surface area contributed by atoms with Gasteiger partial charge in [0.15, 0.2) is 5.58 Å². The molecule has 0 bridgehead atoms. The molecule has 0 spiro atoms. The first-order valence-corrected chi connectivity index (χ1v) is 6.57. The fourth-order valence-electron chi connectivity index (χ4n) is 2.03. The molecule has 0 N–H and O–H groups in total. The van der Waals surface area contributed by atoms with Crippen molar-refractivity contribution in [1.82, 2.24) is 4.98 Å². The van der Waals surface area contributed by atoms with Crippen molar-refractivity contribution in [2.75, 3.05) is 0 Å². The molecule has 0 unspecified atom stereocenters. The van der Waals surface area contributed by atoms with Gasteiger partial charge in [0.25, 0.3) is 0 Å². The van der Waals surface area contributed by atoms with E-state index < -0.39 is 0 Å². The lowest BCUT2D eigenvalue weighted by atomic mass is 10.1. The number of benzene rings is 2. The van der Waals surface area contributed by atoms with Crippen LogP contribution in [0.15, 0.2) is 34.7 Å². The van der Waals surface area contributed by atoms with Gasteiger partial charge in [-0.15, -0.1) is 0 Å². The summed E-state index contributed by atoms with van der Waals surface area (Å²) in [6.45, 7) is 6.12. The van der Waals surface area contributed by atoms with Gasteiger partial charge in [0.05, 0.1) is 0 Å². The van der Waals surface area contributed by atoms with Crippen molar-refractivity contribution in [1.29, 1.82) is 0 Å². The predicted octanol–water partition coefficient (Wildman–Crippen LogP) is 5.07. The number of hydrogen-bond acceptors (Lipinski definition) is 2. The maximum Gasteiger partial charge on any atom is 0.227 e. The van der Waals surface area contributed by atoms with Crippen LogP contribution in [-0.4, -0.2) is 4.98 Å². The van der Waals surface area contributed by atoms with Crippen LogP contribution in [0, 0.1) is 20.8 Å². The lowest BCUT2D eigenvalue weighted by Crippen LogP contribution is -1.80. The molecule has 0 atom stereocenters. The molecule has 0 amide bonds. The third kappa shape index (κ3) is 2.13. The van der Waals surface area contributed by atoms with Crippen LogP contribution in [0.25, 0.3) is 22.6 Å². The van der Waals surface area contributed by atoms with E-state index in [0.29, 0.717) is 5.89 Å². The maximum atomic E-state index is 6.14. The smallest absolute Gasteiger partial charge is 0.227 e. The Bertz CT molecular complexity index is 735. The number of hydrogen-bond donors (Lipinski definition) is 0. The number of aromatic nitrogens is 1. The first kappa shape index (κ1) is 12.2. The van der Waals surface area contributed by atoms with E-state index in [4.69, 9.17) is 16.0 Å². The molecular weight excluding hydrogens is 258 g/mol. The van der Waals surface area contributed by atoms with Crippen LogP contribution in [0.3, 0.4) is 0 Å². The summed E-state index contributed by atoms with van der Waals surface area (Å²) in [7, 11) is 0. The fraction of sp³-hybridized carbons (Fsp3) is 0.188. The van der Waals surface area contributed by atoms with Crippen molar-refractivity contribution in [2.24, 2.45) is 0 Å². The van der Waals surface area contributed by atoms with Gasteiger partial charge >= 0.3 is 0 Å². The molecule has 0 aliphatic heterocycles. The van der Waals surface area contributed by atoms with Crippen LogP contribution in [0.4, 0.5) is 0 Å². The van der Waals surface area contributed by atoms with Crippen molar-refractivity contribution in [3.8, 4) is 11.5 Å². The van der Waals surface area contributed by atoms with Crippen molar-refractivity contribution in [2.45, 2.75) is 20.8 Å². The Morgan fingerprint density at radius 2 is 1.68 bits per heavy atom. The standard InChI is InChI=1S/C16H14ClNO/c1-9-4-5-12(8-13(9)17)16-18-14-6-10(2)11(3)7-15(14)19-16/h4-8H,1-3H3. The summed E-state index contributed by atoms with van der Waals surface area (Å²) in [5.74, 6) is 0.613. The van der Waals surface area contributed by atoms with E-state index in [1.54, 1.807) is 0 Å². The zero-order valence-electron chi connectivity index (χ0n) is 11.1.